The fourth-order valence-corrected chi connectivity index (χ4v) is 4.21. The highest BCUT2D eigenvalue weighted by Gasteiger charge is 2.32. The van der Waals surface area contributed by atoms with E-state index in [9.17, 15) is 22.8 Å². The molecule has 3 heterocycles. The number of aryl methyl sites for hydroxylation is 1. The molecule has 1 aliphatic heterocycles. The fraction of sp³-hybridized carbons (Fsp3) is 0.208. The SMILES string of the molecule is Cc1cc(-c2ncc3cc(C(F)(F)F)ccc3n2)ccc1N1CCn2nc(C=O)c(C)c2C1=O. The number of fused-ring (bicyclic) bond motifs is 2. The third kappa shape index (κ3) is 3.51. The Balaban J connectivity index is 1.47. The quantitative estimate of drug-likeness (QED) is 0.413. The summed E-state index contributed by atoms with van der Waals surface area (Å²) in [6, 6.07) is 8.76. The van der Waals surface area contributed by atoms with Crippen molar-refractivity contribution in [3.8, 4) is 11.4 Å². The summed E-state index contributed by atoms with van der Waals surface area (Å²) in [5, 5.41) is 4.49. The van der Waals surface area contributed by atoms with Crippen molar-refractivity contribution in [3.63, 3.8) is 0 Å². The smallest absolute Gasteiger partial charge is 0.305 e. The Labute approximate surface area is 191 Å². The molecule has 2 aromatic carbocycles. The number of anilines is 1. The van der Waals surface area contributed by atoms with Gasteiger partial charge in [-0.15, -0.1) is 0 Å². The molecule has 10 heteroatoms. The molecule has 4 aromatic rings. The van der Waals surface area contributed by atoms with Crippen LogP contribution >= 0.6 is 0 Å². The Morgan fingerprint density at radius 1 is 1.06 bits per heavy atom. The van der Waals surface area contributed by atoms with Gasteiger partial charge < -0.3 is 4.90 Å². The van der Waals surface area contributed by atoms with Gasteiger partial charge in [0, 0.05) is 34.9 Å². The van der Waals surface area contributed by atoms with Crippen molar-refractivity contribution in [2.24, 2.45) is 0 Å². The highest BCUT2D eigenvalue weighted by molar-refractivity contribution is 6.08. The van der Waals surface area contributed by atoms with Crippen LogP contribution in [0, 0.1) is 13.8 Å². The second-order valence-electron chi connectivity index (χ2n) is 8.12. The number of carbonyl (C=O) groups is 2. The van der Waals surface area contributed by atoms with E-state index in [1.165, 1.54) is 12.3 Å². The monoisotopic (exact) mass is 465 g/mol. The first kappa shape index (κ1) is 21.7. The molecular formula is C24H18F3N5O2. The topological polar surface area (TPSA) is 81.0 Å². The average molecular weight is 465 g/mol. The number of benzene rings is 2. The zero-order chi connectivity index (χ0) is 24.2. The number of hydrogen-bond acceptors (Lipinski definition) is 5. The third-order valence-corrected chi connectivity index (χ3v) is 5.97. The number of hydrogen-bond donors (Lipinski definition) is 0. The van der Waals surface area contributed by atoms with E-state index < -0.39 is 11.7 Å². The summed E-state index contributed by atoms with van der Waals surface area (Å²) in [5.74, 6) is 0.138. The zero-order valence-electron chi connectivity index (χ0n) is 18.2. The van der Waals surface area contributed by atoms with E-state index in [2.05, 4.69) is 15.1 Å². The minimum absolute atomic E-state index is 0.234. The van der Waals surface area contributed by atoms with Crippen molar-refractivity contribution in [1.82, 2.24) is 19.7 Å². The lowest BCUT2D eigenvalue weighted by Gasteiger charge is -2.29. The van der Waals surface area contributed by atoms with Gasteiger partial charge in [0.2, 0.25) is 0 Å². The van der Waals surface area contributed by atoms with Crippen molar-refractivity contribution in [1.29, 1.82) is 0 Å². The van der Waals surface area contributed by atoms with Gasteiger partial charge in [0.25, 0.3) is 5.91 Å². The number of aldehydes is 1. The minimum Gasteiger partial charge on any atom is -0.305 e. The normalized spacial score (nSPS) is 13.9. The second-order valence-corrected chi connectivity index (χ2v) is 8.12. The van der Waals surface area contributed by atoms with Gasteiger partial charge in [-0.1, -0.05) is 0 Å². The maximum absolute atomic E-state index is 13.2. The van der Waals surface area contributed by atoms with Crippen LogP contribution < -0.4 is 4.90 Å². The van der Waals surface area contributed by atoms with Gasteiger partial charge in [0.15, 0.2) is 12.1 Å². The van der Waals surface area contributed by atoms with Crippen LogP contribution in [0.5, 0.6) is 0 Å². The molecule has 0 bridgehead atoms. The number of amides is 1. The zero-order valence-corrected chi connectivity index (χ0v) is 18.2. The molecule has 0 radical (unpaired) electrons. The number of alkyl halides is 3. The summed E-state index contributed by atoms with van der Waals surface area (Å²) in [7, 11) is 0. The van der Waals surface area contributed by atoms with Crippen LogP contribution in [0.1, 0.15) is 37.7 Å². The van der Waals surface area contributed by atoms with Crippen LogP contribution in [0.2, 0.25) is 0 Å². The number of aromatic nitrogens is 4. The van der Waals surface area contributed by atoms with Crippen molar-refractivity contribution in [3.05, 3.63) is 70.7 Å². The lowest BCUT2D eigenvalue weighted by molar-refractivity contribution is -0.137. The molecule has 0 saturated carbocycles. The first-order chi connectivity index (χ1) is 16.2. The highest BCUT2D eigenvalue weighted by atomic mass is 19.4. The summed E-state index contributed by atoms with van der Waals surface area (Å²) in [4.78, 5) is 34.7. The number of nitrogens with zero attached hydrogens (tertiary/aromatic N) is 5. The Morgan fingerprint density at radius 3 is 2.56 bits per heavy atom. The average Bonchev–Trinajstić information content (AvgIpc) is 3.14. The Bertz CT molecular complexity index is 1480. The molecule has 0 aliphatic carbocycles. The summed E-state index contributed by atoms with van der Waals surface area (Å²) in [5.41, 5.74) is 3.06. The first-order valence-corrected chi connectivity index (χ1v) is 10.5. The van der Waals surface area contributed by atoms with Crippen molar-refractivity contribution >= 4 is 28.8 Å². The molecule has 0 fully saturated rings. The van der Waals surface area contributed by atoms with Crippen LogP contribution in [0.3, 0.4) is 0 Å². The number of halogens is 3. The highest BCUT2D eigenvalue weighted by Crippen LogP contribution is 2.32. The number of carbonyl (C=O) groups excluding carboxylic acids is 2. The molecule has 34 heavy (non-hydrogen) atoms. The molecule has 0 atom stereocenters. The van der Waals surface area contributed by atoms with Gasteiger partial charge in [-0.25, -0.2) is 9.97 Å². The number of rotatable bonds is 3. The molecule has 1 aliphatic rings. The van der Waals surface area contributed by atoms with Gasteiger partial charge in [-0.3, -0.25) is 14.3 Å². The summed E-state index contributed by atoms with van der Waals surface area (Å²) in [6.07, 6.45) is -2.42. The minimum atomic E-state index is -4.43. The van der Waals surface area contributed by atoms with Crippen molar-refractivity contribution in [2.45, 2.75) is 26.6 Å². The van der Waals surface area contributed by atoms with E-state index in [0.717, 1.165) is 17.7 Å². The molecule has 7 nitrogen and oxygen atoms in total. The molecule has 0 N–H and O–H groups in total. The molecule has 2 aromatic heterocycles. The van der Waals surface area contributed by atoms with Gasteiger partial charge >= 0.3 is 6.18 Å². The van der Waals surface area contributed by atoms with Gasteiger partial charge in [0.05, 0.1) is 17.6 Å². The molecule has 5 rings (SSSR count). The Kier molecular flexibility index (Phi) is 4.96. The summed E-state index contributed by atoms with van der Waals surface area (Å²) < 4.78 is 40.4. The standard InChI is InChI=1S/C24H18F3N5O2/c1-13-9-15(22-28-11-16-10-17(24(25,26)27)4-5-18(16)29-22)3-6-20(13)31-7-8-32-21(23(31)34)14(2)19(12-33)30-32/h3-6,9-12H,7-8H2,1-2H3. The van der Waals surface area contributed by atoms with Gasteiger partial charge in [-0.2, -0.15) is 18.3 Å². The van der Waals surface area contributed by atoms with Crippen molar-refractivity contribution in [2.75, 3.05) is 11.4 Å². The van der Waals surface area contributed by atoms with Crippen LogP contribution in [0.25, 0.3) is 22.3 Å². The molecule has 1 amide bonds. The van der Waals surface area contributed by atoms with Crippen LogP contribution in [-0.2, 0) is 12.7 Å². The largest absolute Gasteiger partial charge is 0.416 e. The Hall–Kier alpha value is -4.08. The van der Waals surface area contributed by atoms with E-state index in [0.29, 0.717) is 58.6 Å². The first-order valence-electron chi connectivity index (χ1n) is 10.5. The van der Waals surface area contributed by atoms with E-state index in [-0.39, 0.29) is 11.6 Å². The molecule has 0 unspecified atom stereocenters. The van der Waals surface area contributed by atoms with Crippen LogP contribution in [0.4, 0.5) is 18.9 Å². The van der Waals surface area contributed by atoms with E-state index in [1.54, 1.807) is 28.6 Å². The Morgan fingerprint density at radius 2 is 1.85 bits per heavy atom. The molecule has 172 valence electrons. The molecule has 0 spiro atoms. The van der Waals surface area contributed by atoms with Crippen LogP contribution in [0.15, 0.2) is 42.6 Å². The van der Waals surface area contributed by atoms with Gasteiger partial charge in [0.1, 0.15) is 11.4 Å². The fourth-order valence-electron chi connectivity index (χ4n) is 4.21. The van der Waals surface area contributed by atoms with E-state index >= 15 is 0 Å². The predicted octanol–water partition coefficient (Wildman–Crippen LogP) is 4.60. The maximum Gasteiger partial charge on any atom is 0.416 e. The summed E-state index contributed by atoms with van der Waals surface area (Å²) in [6.45, 7) is 4.43. The van der Waals surface area contributed by atoms with E-state index in [4.69, 9.17) is 0 Å². The maximum atomic E-state index is 13.2. The molecular weight excluding hydrogens is 447 g/mol. The predicted molar refractivity (Wildman–Crippen MR) is 119 cm³/mol. The van der Waals surface area contributed by atoms with Crippen LogP contribution in [-0.4, -0.2) is 38.5 Å². The van der Waals surface area contributed by atoms with Gasteiger partial charge in [-0.05, 0) is 55.8 Å². The van der Waals surface area contributed by atoms with E-state index in [1.807, 2.05) is 13.0 Å². The third-order valence-electron chi connectivity index (χ3n) is 5.97. The lowest BCUT2D eigenvalue weighted by Crippen LogP contribution is -2.41. The summed E-state index contributed by atoms with van der Waals surface area (Å²) >= 11 is 0. The lowest BCUT2D eigenvalue weighted by atomic mass is 10.1. The van der Waals surface area contributed by atoms with Crippen molar-refractivity contribution < 1.29 is 22.8 Å². The molecule has 0 saturated heterocycles. The second kappa shape index (κ2) is 7.75.